The first-order valence-corrected chi connectivity index (χ1v) is 13.6. The second-order valence-electron chi connectivity index (χ2n) is 11.7. The van der Waals surface area contributed by atoms with Gasteiger partial charge in [-0.15, -0.1) is 5.10 Å². The number of halogens is 3. The van der Waals surface area contributed by atoms with Crippen LogP contribution in [0.15, 0.2) is 29.9 Å². The fraction of sp³-hybridized carbons (Fsp3) is 0.552. The van der Waals surface area contributed by atoms with E-state index in [2.05, 4.69) is 35.5 Å². The van der Waals surface area contributed by atoms with Gasteiger partial charge in [0.05, 0.1) is 5.56 Å². The number of carboxylic acid groups (broad SMARTS) is 1. The Morgan fingerprint density at radius 3 is 2.62 bits per heavy atom. The van der Waals surface area contributed by atoms with Gasteiger partial charge in [0.15, 0.2) is 5.69 Å². The van der Waals surface area contributed by atoms with Crippen LogP contribution in [0.5, 0.6) is 0 Å². The molecule has 1 saturated heterocycles. The predicted octanol–water partition coefficient (Wildman–Crippen LogP) is 4.99. The van der Waals surface area contributed by atoms with Crippen LogP contribution in [0.1, 0.15) is 73.2 Å². The van der Waals surface area contributed by atoms with E-state index in [-0.39, 0.29) is 47.0 Å². The number of aromatic nitrogens is 2. The van der Waals surface area contributed by atoms with E-state index in [1.165, 1.54) is 6.07 Å². The number of aliphatic carboxylic acids is 1. The van der Waals surface area contributed by atoms with E-state index in [9.17, 15) is 18.0 Å². The topological polar surface area (TPSA) is 106 Å². The highest BCUT2D eigenvalue weighted by atomic mass is 19.4. The summed E-state index contributed by atoms with van der Waals surface area (Å²) in [4.78, 5) is 13.0. The minimum atomic E-state index is -4.56. The van der Waals surface area contributed by atoms with E-state index < -0.39 is 17.7 Å². The maximum absolute atomic E-state index is 14.1. The number of piperidine rings is 1. The quantitative estimate of drug-likeness (QED) is 0.155. The summed E-state index contributed by atoms with van der Waals surface area (Å²) in [7, 11) is 1.85. The third-order valence-electron chi connectivity index (χ3n) is 8.12. The van der Waals surface area contributed by atoms with E-state index in [4.69, 9.17) is 15.7 Å². The Bertz CT molecular complexity index is 1290. The van der Waals surface area contributed by atoms with Crippen molar-refractivity contribution in [3.05, 3.63) is 58.4 Å². The van der Waals surface area contributed by atoms with Crippen molar-refractivity contribution in [3.63, 3.8) is 0 Å². The van der Waals surface area contributed by atoms with Crippen LogP contribution in [0.3, 0.4) is 0 Å². The highest BCUT2D eigenvalue weighted by Crippen LogP contribution is 2.37. The summed E-state index contributed by atoms with van der Waals surface area (Å²) in [5.74, 6) is 4.98. The predicted molar refractivity (Wildman–Crippen MR) is 146 cm³/mol. The van der Waals surface area contributed by atoms with Crippen molar-refractivity contribution in [2.24, 2.45) is 29.3 Å². The number of fused-ring (bicyclic) bond motifs is 1. The number of ether oxygens (including phenoxy) is 1. The number of rotatable bonds is 8. The minimum Gasteiger partial charge on any atom is -0.481 e. The number of hydrogen-bond donors (Lipinski definition) is 2. The molecule has 0 atom stereocenters. The van der Waals surface area contributed by atoms with Crippen LogP contribution in [-0.2, 0) is 42.0 Å². The van der Waals surface area contributed by atoms with Gasteiger partial charge < -0.3 is 20.6 Å². The third kappa shape index (κ3) is 6.86. The SMILES string of the molecule is C=C(O/C(=N\N)c1nn(C)c2c1CCC(C)(C)C2)c1ccc(CCN2CCC(CC(=O)O)CC2)c(C(F)(F)F)c1. The number of nitrogens with two attached hydrogens (primary N) is 1. The smallest absolute Gasteiger partial charge is 0.416 e. The standard InChI is InChI=1S/C29H38F3N5O3/c1-18(40-27(34-33)26-22-7-11-28(2,3)17-24(22)36(4)35-26)21-6-5-20(23(16-21)29(30,31)32)10-14-37-12-8-19(9-13-37)15-25(38)39/h5-6,16,19H,1,7-15,17,33H2,2-4H3,(H,38,39)/b34-27-. The zero-order chi connectivity index (χ0) is 29.2. The van der Waals surface area contributed by atoms with Gasteiger partial charge in [0.2, 0.25) is 0 Å². The van der Waals surface area contributed by atoms with Crippen molar-refractivity contribution in [2.75, 3.05) is 19.6 Å². The molecule has 3 N–H and O–H groups in total. The molecular weight excluding hydrogens is 523 g/mol. The molecule has 4 rings (SSSR count). The van der Waals surface area contributed by atoms with Crippen LogP contribution >= 0.6 is 0 Å². The first-order valence-electron chi connectivity index (χ1n) is 13.6. The van der Waals surface area contributed by atoms with Crippen LogP contribution in [0.25, 0.3) is 5.76 Å². The number of carbonyl (C=O) groups is 1. The van der Waals surface area contributed by atoms with Crippen molar-refractivity contribution in [1.82, 2.24) is 14.7 Å². The zero-order valence-electron chi connectivity index (χ0n) is 23.4. The summed E-state index contributed by atoms with van der Waals surface area (Å²) in [5, 5.41) is 17.3. The van der Waals surface area contributed by atoms with Gasteiger partial charge in [-0.1, -0.05) is 32.6 Å². The van der Waals surface area contributed by atoms with Crippen LogP contribution in [0, 0.1) is 11.3 Å². The van der Waals surface area contributed by atoms with E-state index in [1.54, 1.807) is 10.7 Å². The number of carboxylic acids is 1. The fourth-order valence-corrected chi connectivity index (χ4v) is 5.75. The molecule has 2 heterocycles. The lowest BCUT2D eigenvalue weighted by atomic mass is 9.76. The summed E-state index contributed by atoms with van der Waals surface area (Å²) in [5.41, 5.74) is 2.29. The molecule has 0 unspecified atom stereocenters. The summed E-state index contributed by atoms with van der Waals surface area (Å²) in [6, 6.07) is 4.09. The largest absolute Gasteiger partial charge is 0.481 e. The molecule has 0 bridgehead atoms. The maximum Gasteiger partial charge on any atom is 0.416 e. The van der Waals surface area contributed by atoms with Crippen molar-refractivity contribution in [3.8, 4) is 0 Å². The summed E-state index contributed by atoms with van der Waals surface area (Å²) in [6.45, 7) is 10.1. The molecule has 2 aromatic rings. The number of benzene rings is 1. The maximum atomic E-state index is 14.1. The Hall–Kier alpha value is -3.34. The Morgan fingerprint density at radius 1 is 1.30 bits per heavy atom. The van der Waals surface area contributed by atoms with Crippen molar-refractivity contribution in [2.45, 2.75) is 65.0 Å². The van der Waals surface area contributed by atoms with Gasteiger partial charge in [-0.2, -0.15) is 18.3 Å². The molecule has 218 valence electrons. The Kier molecular flexibility index (Phi) is 8.63. The molecule has 0 saturated carbocycles. The Labute approximate surface area is 232 Å². The summed E-state index contributed by atoms with van der Waals surface area (Å²) >= 11 is 0. The van der Waals surface area contributed by atoms with Gasteiger partial charge in [-0.3, -0.25) is 9.48 Å². The van der Waals surface area contributed by atoms with E-state index in [0.717, 1.165) is 49.4 Å². The molecular formula is C29H38F3N5O3. The van der Waals surface area contributed by atoms with Crippen LogP contribution in [-0.4, -0.2) is 51.3 Å². The monoisotopic (exact) mass is 561 g/mol. The molecule has 1 aliphatic heterocycles. The average molecular weight is 562 g/mol. The molecule has 0 radical (unpaired) electrons. The Balaban J connectivity index is 1.46. The van der Waals surface area contributed by atoms with Crippen LogP contribution in [0.4, 0.5) is 13.2 Å². The number of aryl methyl sites for hydroxylation is 1. The lowest BCUT2D eigenvalue weighted by molar-refractivity contribution is -0.139. The summed E-state index contributed by atoms with van der Waals surface area (Å²) in [6.07, 6.45) is -0.180. The number of likely N-dealkylation sites (tertiary alicyclic amines) is 1. The van der Waals surface area contributed by atoms with Gasteiger partial charge in [0, 0.05) is 36.8 Å². The molecule has 11 heteroatoms. The molecule has 1 aromatic heterocycles. The molecule has 1 aromatic carbocycles. The normalized spacial score (nSPS) is 18.4. The number of hydrazone groups is 1. The fourth-order valence-electron chi connectivity index (χ4n) is 5.75. The van der Waals surface area contributed by atoms with Gasteiger partial charge >= 0.3 is 12.1 Å². The van der Waals surface area contributed by atoms with Crippen LogP contribution < -0.4 is 5.84 Å². The second kappa shape index (κ2) is 11.6. The molecule has 2 aliphatic rings. The van der Waals surface area contributed by atoms with Gasteiger partial charge in [-0.25, -0.2) is 0 Å². The number of hydrogen-bond acceptors (Lipinski definition) is 6. The van der Waals surface area contributed by atoms with Gasteiger partial charge in [0.1, 0.15) is 5.76 Å². The van der Waals surface area contributed by atoms with Crippen molar-refractivity contribution < 1.29 is 27.8 Å². The highest BCUT2D eigenvalue weighted by molar-refractivity contribution is 5.97. The van der Waals surface area contributed by atoms with E-state index >= 15 is 0 Å². The molecule has 1 fully saturated rings. The number of alkyl halides is 3. The van der Waals surface area contributed by atoms with Crippen molar-refractivity contribution in [1.29, 1.82) is 0 Å². The molecule has 8 nitrogen and oxygen atoms in total. The molecule has 40 heavy (non-hydrogen) atoms. The van der Waals surface area contributed by atoms with Crippen LogP contribution in [0.2, 0.25) is 0 Å². The number of nitrogens with zero attached hydrogens (tertiary/aromatic N) is 4. The molecule has 0 amide bonds. The highest BCUT2D eigenvalue weighted by Gasteiger charge is 2.35. The first kappa shape index (κ1) is 29.6. The lowest BCUT2D eigenvalue weighted by Crippen LogP contribution is -2.35. The van der Waals surface area contributed by atoms with Gasteiger partial charge in [-0.05, 0) is 74.6 Å². The first-order chi connectivity index (χ1) is 18.8. The zero-order valence-corrected chi connectivity index (χ0v) is 23.4. The van der Waals surface area contributed by atoms with E-state index in [0.29, 0.717) is 25.3 Å². The van der Waals surface area contributed by atoms with Gasteiger partial charge in [0.25, 0.3) is 5.90 Å². The molecule has 0 spiro atoms. The lowest BCUT2D eigenvalue weighted by Gasteiger charge is -2.31. The summed E-state index contributed by atoms with van der Waals surface area (Å²) < 4.78 is 49.9. The molecule has 1 aliphatic carbocycles. The average Bonchev–Trinajstić information content (AvgIpc) is 3.20. The Morgan fingerprint density at radius 2 is 2.00 bits per heavy atom. The second-order valence-corrected chi connectivity index (χ2v) is 11.7. The minimum absolute atomic E-state index is 0.00250. The van der Waals surface area contributed by atoms with E-state index in [1.807, 2.05) is 7.05 Å². The van der Waals surface area contributed by atoms with Crippen molar-refractivity contribution >= 4 is 17.6 Å². The third-order valence-corrected chi connectivity index (χ3v) is 8.12.